The van der Waals surface area contributed by atoms with Crippen molar-refractivity contribution in [2.24, 2.45) is 0 Å². The highest BCUT2D eigenvalue weighted by atomic mass is 19.1. The van der Waals surface area contributed by atoms with E-state index in [1.54, 1.807) is 0 Å². The highest BCUT2D eigenvalue weighted by molar-refractivity contribution is 5.41. The van der Waals surface area contributed by atoms with Crippen LogP contribution >= 0.6 is 0 Å². The van der Waals surface area contributed by atoms with Gasteiger partial charge in [0.25, 0.3) is 0 Å². The van der Waals surface area contributed by atoms with Gasteiger partial charge in [0.1, 0.15) is 18.5 Å². The molecule has 0 radical (unpaired) electrons. The number of hydrogen-bond acceptors (Lipinski definition) is 4. The van der Waals surface area contributed by atoms with Gasteiger partial charge in [0.2, 0.25) is 5.88 Å². The molecule has 78 valence electrons. The van der Waals surface area contributed by atoms with Crippen LogP contribution in [0.2, 0.25) is 0 Å². The molecule has 1 rings (SSSR count). The summed E-state index contributed by atoms with van der Waals surface area (Å²) >= 11 is 0. The van der Waals surface area contributed by atoms with Gasteiger partial charge in [0, 0.05) is 6.20 Å². The van der Waals surface area contributed by atoms with Crippen molar-refractivity contribution >= 4 is 0 Å². The van der Waals surface area contributed by atoms with Crippen LogP contribution in [-0.2, 0) is 0 Å². The summed E-state index contributed by atoms with van der Waals surface area (Å²) in [5, 5.41) is 9.38. The van der Waals surface area contributed by atoms with E-state index in [2.05, 4.69) is 4.98 Å². The molecular weight excluding hydrogens is 189 g/mol. The molecule has 0 aliphatic heterocycles. The minimum atomic E-state index is -1.27. The number of nitrogens with zero attached hydrogens (tertiary/aromatic N) is 1. The fraction of sp³-hybridized carbons (Fsp3) is 0.444. The molecule has 0 aliphatic carbocycles. The summed E-state index contributed by atoms with van der Waals surface area (Å²) < 4.78 is 22.2. The minimum Gasteiger partial charge on any atom is -0.496 e. The van der Waals surface area contributed by atoms with Gasteiger partial charge in [-0.15, -0.1) is 0 Å². The van der Waals surface area contributed by atoms with Crippen LogP contribution in [-0.4, -0.2) is 31.0 Å². The molecule has 1 aromatic rings. The molecule has 1 unspecified atom stereocenters. The maximum absolute atomic E-state index is 12.3. The third-order valence-electron chi connectivity index (χ3n) is 1.81. The van der Waals surface area contributed by atoms with E-state index < -0.39 is 12.8 Å². The zero-order valence-corrected chi connectivity index (χ0v) is 8.03. The molecule has 0 spiro atoms. The molecule has 0 fully saturated rings. The van der Waals surface area contributed by atoms with E-state index in [0.717, 1.165) is 0 Å². The highest BCUT2D eigenvalue weighted by Gasteiger charge is 2.19. The lowest BCUT2D eigenvalue weighted by Gasteiger charge is -2.14. The Bertz CT molecular complexity index is 284. The number of alkyl halides is 1. The van der Waals surface area contributed by atoms with Crippen molar-refractivity contribution in [3.05, 3.63) is 17.8 Å². The zero-order valence-electron chi connectivity index (χ0n) is 8.03. The summed E-state index contributed by atoms with van der Waals surface area (Å²) in [6, 6.07) is 1.54. The number of hydrogen-bond donors (Lipinski definition) is 1. The van der Waals surface area contributed by atoms with Gasteiger partial charge in [-0.3, -0.25) is 0 Å². The maximum atomic E-state index is 12.3. The van der Waals surface area contributed by atoms with E-state index in [4.69, 9.17) is 9.47 Å². The Morgan fingerprint density at radius 2 is 2.21 bits per heavy atom. The first kappa shape index (κ1) is 10.7. The number of aliphatic hydroxyl groups is 1. The van der Waals surface area contributed by atoms with Crippen LogP contribution in [0.4, 0.5) is 4.39 Å². The maximum Gasteiger partial charge on any atom is 0.222 e. The number of ether oxygens (including phenoxy) is 2. The van der Waals surface area contributed by atoms with E-state index in [0.29, 0.717) is 5.75 Å². The Morgan fingerprint density at radius 3 is 2.71 bits per heavy atom. The number of aliphatic hydroxyl groups excluding tert-OH is 1. The van der Waals surface area contributed by atoms with E-state index in [-0.39, 0.29) is 11.4 Å². The molecule has 0 aliphatic rings. The summed E-state index contributed by atoms with van der Waals surface area (Å²) in [4.78, 5) is 3.85. The number of methoxy groups -OCH3 is 2. The molecule has 0 aromatic carbocycles. The Kier molecular flexibility index (Phi) is 3.64. The fourth-order valence-corrected chi connectivity index (χ4v) is 1.16. The predicted octanol–water partition coefficient (Wildman–Crippen LogP) is 1.10. The molecule has 1 atom stereocenters. The fourth-order valence-electron chi connectivity index (χ4n) is 1.16. The summed E-state index contributed by atoms with van der Waals surface area (Å²) in [5.74, 6) is 0.538. The number of aromatic nitrogens is 1. The molecule has 5 heteroatoms. The standard InChI is InChI=1S/C9H12FNO3/c1-13-7-3-4-11-9(14-2)8(7)6(12)5-10/h3-4,6,12H,5H2,1-2H3. The van der Waals surface area contributed by atoms with Gasteiger partial charge in [0.15, 0.2) is 0 Å². The monoisotopic (exact) mass is 201 g/mol. The Morgan fingerprint density at radius 1 is 1.50 bits per heavy atom. The number of rotatable bonds is 4. The van der Waals surface area contributed by atoms with Gasteiger partial charge in [-0.05, 0) is 6.07 Å². The van der Waals surface area contributed by atoms with Crippen molar-refractivity contribution in [2.45, 2.75) is 6.10 Å². The van der Waals surface area contributed by atoms with Gasteiger partial charge in [-0.1, -0.05) is 0 Å². The summed E-state index contributed by atoms with van der Waals surface area (Å²) in [5.41, 5.74) is 0.236. The van der Waals surface area contributed by atoms with Crippen molar-refractivity contribution in [3.63, 3.8) is 0 Å². The topological polar surface area (TPSA) is 51.6 Å². The van der Waals surface area contributed by atoms with Crippen LogP contribution in [0.15, 0.2) is 12.3 Å². The summed E-state index contributed by atoms with van der Waals surface area (Å²) in [6.07, 6.45) is 0.195. The van der Waals surface area contributed by atoms with Crippen LogP contribution < -0.4 is 9.47 Å². The third kappa shape index (κ3) is 1.93. The summed E-state index contributed by atoms with van der Waals surface area (Å²) in [7, 11) is 2.83. The third-order valence-corrected chi connectivity index (χ3v) is 1.81. The molecule has 0 bridgehead atoms. The van der Waals surface area contributed by atoms with Crippen molar-refractivity contribution < 1.29 is 19.0 Å². The molecular formula is C9H12FNO3. The quantitative estimate of drug-likeness (QED) is 0.792. The van der Waals surface area contributed by atoms with Crippen molar-refractivity contribution in [3.8, 4) is 11.6 Å². The Balaban J connectivity index is 3.18. The van der Waals surface area contributed by atoms with Crippen LogP contribution in [0.1, 0.15) is 11.7 Å². The van der Waals surface area contributed by atoms with Gasteiger partial charge < -0.3 is 14.6 Å². The van der Waals surface area contributed by atoms with Crippen molar-refractivity contribution in [1.82, 2.24) is 4.98 Å². The predicted molar refractivity (Wildman–Crippen MR) is 48.3 cm³/mol. The van der Waals surface area contributed by atoms with Gasteiger partial charge in [-0.25, -0.2) is 9.37 Å². The molecule has 0 saturated carbocycles. The second-order valence-corrected chi connectivity index (χ2v) is 2.61. The van der Waals surface area contributed by atoms with Crippen LogP contribution in [0.25, 0.3) is 0 Å². The molecule has 1 N–H and O–H groups in total. The average Bonchev–Trinajstić information content (AvgIpc) is 2.26. The second-order valence-electron chi connectivity index (χ2n) is 2.61. The van der Waals surface area contributed by atoms with Crippen molar-refractivity contribution in [2.75, 3.05) is 20.9 Å². The van der Waals surface area contributed by atoms with Crippen LogP contribution in [0.5, 0.6) is 11.6 Å². The zero-order chi connectivity index (χ0) is 10.6. The van der Waals surface area contributed by atoms with Crippen molar-refractivity contribution in [1.29, 1.82) is 0 Å². The molecule has 1 aromatic heterocycles. The van der Waals surface area contributed by atoms with Gasteiger partial charge in [0.05, 0.1) is 19.8 Å². The first-order valence-corrected chi connectivity index (χ1v) is 4.05. The first-order chi connectivity index (χ1) is 6.74. The van der Waals surface area contributed by atoms with E-state index in [9.17, 15) is 9.50 Å². The largest absolute Gasteiger partial charge is 0.496 e. The van der Waals surface area contributed by atoms with E-state index in [1.807, 2.05) is 0 Å². The second kappa shape index (κ2) is 4.76. The SMILES string of the molecule is COc1ccnc(OC)c1C(O)CF. The summed E-state index contributed by atoms with van der Waals surface area (Å²) in [6.45, 7) is -0.904. The van der Waals surface area contributed by atoms with Gasteiger partial charge in [-0.2, -0.15) is 0 Å². The van der Waals surface area contributed by atoms with Crippen LogP contribution in [0, 0.1) is 0 Å². The van der Waals surface area contributed by atoms with E-state index in [1.165, 1.54) is 26.5 Å². The van der Waals surface area contributed by atoms with E-state index >= 15 is 0 Å². The molecule has 0 amide bonds. The van der Waals surface area contributed by atoms with Crippen LogP contribution in [0.3, 0.4) is 0 Å². The molecule has 0 saturated heterocycles. The Hall–Kier alpha value is -1.36. The van der Waals surface area contributed by atoms with Gasteiger partial charge >= 0.3 is 0 Å². The number of halogens is 1. The molecule has 1 heterocycles. The highest BCUT2D eigenvalue weighted by Crippen LogP contribution is 2.31. The molecule has 14 heavy (non-hydrogen) atoms. The minimum absolute atomic E-state index is 0.175. The lowest BCUT2D eigenvalue weighted by Crippen LogP contribution is -2.06. The first-order valence-electron chi connectivity index (χ1n) is 4.05. The smallest absolute Gasteiger partial charge is 0.222 e. The lowest BCUT2D eigenvalue weighted by molar-refractivity contribution is 0.134. The normalized spacial score (nSPS) is 12.3. The average molecular weight is 201 g/mol. The number of pyridine rings is 1. The molecule has 4 nitrogen and oxygen atoms in total. The lowest BCUT2D eigenvalue weighted by atomic mass is 10.1. The Labute approximate surface area is 81.3 Å².